The van der Waals surface area contributed by atoms with Gasteiger partial charge in [0.25, 0.3) is 5.91 Å². The molecule has 0 saturated heterocycles. The molecule has 0 atom stereocenters. The Balaban J connectivity index is 1.90. The molecular weight excluding hydrogens is 302 g/mol. The maximum Gasteiger partial charge on any atom is 0.267 e. The average Bonchev–Trinajstić information content (AvgIpc) is 2.64. The fourth-order valence-electron chi connectivity index (χ4n) is 2.40. The van der Waals surface area contributed by atoms with E-state index in [0.29, 0.717) is 0 Å². The molecule has 4 N–H and O–H groups in total. The molecule has 0 aliphatic heterocycles. The van der Waals surface area contributed by atoms with E-state index in [1.54, 1.807) is 11.6 Å². The molecule has 5 heteroatoms. The van der Waals surface area contributed by atoms with Crippen LogP contribution in [0.3, 0.4) is 0 Å². The third kappa shape index (κ3) is 5.44. The zero-order valence-electron chi connectivity index (χ0n) is 13.8. The van der Waals surface area contributed by atoms with Crippen molar-refractivity contribution in [2.45, 2.75) is 12.8 Å². The molecule has 0 unspecified atom stereocenters. The maximum absolute atomic E-state index is 11.0. The van der Waals surface area contributed by atoms with Crippen molar-refractivity contribution in [3.8, 4) is 0 Å². The first kappa shape index (κ1) is 17.6. The molecule has 1 amide bonds. The van der Waals surface area contributed by atoms with E-state index in [1.165, 1.54) is 11.6 Å². The lowest BCUT2D eigenvalue weighted by molar-refractivity contribution is -0.124. The second-order valence-corrected chi connectivity index (χ2v) is 5.38. The van der Waals surface area contributed by atoms with Crippen molar-refractivity contribution in [1.29, 1.82) is 0 Å². The molecule has 2 aromatic carbocycles. The first-order valence-corrected chi connectivity index (χ1v) is 7.94. The van der Waals surface area contributed by atoms with Crippen molar-refractivity contribution in [2.75, 3.05) is 24.2 Å². The van der Waals surface area contributed by atoms with Gasteiger partial charge in [-0.05, 0) is 42.2 Å². The normalized spacial score (nSPS) is 10.6. The summed E-state index contributed by atoms with van der Waals surface area (Å²) in [5.41, 5.74) is 5.77. The SMILES string of the molecule is CNc1cc(/C=C/C(=O)NO)ccc1NCCCc1ccccc1. The van der Waals surface area contributed by atoms with Crippen LogP contribution in [0, 0.1) is 0 Å². The smallest absolute Gasteiger partial charge is 0.267 e. The van der Waals surface area contributed by atoms with Crippen LogP contribution in [0.5, 0.6) is 0 Å². The van der Waals surface area contributed by atoms with Gasteiger partial charge < -0.3 is 10.6 Å². The van der Waals surface area contributed by atoms with Crippen LogP contribution in [-0.4, -0.2) is 24.7 Å². The molecular formula is C19H23N3O2. The highest BCUT2D eigenvalue weighted by Crippen LogP contribution is 2.23. The van der Waals surface area contributed by atoms with E-state index in [4.69, 9.17) is 5.21 Å². The fraction of sp³-hybridized carbons (Fsp3) is 0.211. The Kier molecular flexibility index (Phi) is 6.86. The summed E-state index contributed by atoms with van der Waals surface area (Å²) >= 11 is 0. The van der Waals surface area contributed by atoms with E-state index < -0.39 is 5.91 Å². The molecule has 0 aliphatic rings. The zero-order valence-corrected chi connectivity index (χ0v) is 13.8. The van der Waals surface area contributed by atoms with Crippen LogP contribution < -0.4 is 16.1 Å². The van der Waals surface area contributed by atoms with Crippen LogP contribution >= 0.6 is 0 Å². The molecule has 0 aliphatic carbocycles. The van der Waals surface area contributed by atoms with Crippen LogP contribution in [0.1, 0.15) is 17.5 Å². The number of hydroxylamine groups is 1. The minimum atomic E-state index is -0.552. The van der Waals surface area contributed by atoms with Gasteiger partial charge in [-0.15, -0.1) is 0 Å². The Morgan fingerprint density at radius 3 is 2.62 bits per heavy atom. The minimum absolute atomic E-state index is 0.552. The summed E-state index contributed by atoms with van der Waals surface area (Å²) in [4.78, 5) is 11.0. The molecule has 0 bridgehead atoms. The largest absolute Gasteiger partial charge is 0.386 e. The van der Waals surface area contributed by atoms with Gasteiger partial charge in [-0.25, -0.2) is 5.48 Å². The van der Waals surface area contributed by atoms with E-state index in [0.717, 1.165) is 36.3 Å². The van der Waals surface area contributed by atoms with Crippen molar-refractivity contribution in [2.24, 2.45) is 0 Å². The molecule has 0 aromatic heterocycles. The number of rotatable bonds is 8. The summed E-state index contributed by atoms with van der Waals surface area (Å²) in [7, 11) is 1.86. The van der Waals surface area contributed by atoms with E-state index in [1.807, 2.05) is 31.3 Å². The van der Waals surface area contributed by atoms with Crippen molar-refractivity contribution in [3.63, 3.8) is 0 Å². The third-order valence-corrected chi connectivity index (χ3v) is 3.65. The second kappa shape index (κ2) is 9.37. The lowest BCUT2D eigenvalue weighted by atomic mass is 10.1. The number of anilines is 2. The Hall–Kier alpha value is -2.79. The van der Waals surface area contributed by atoms with Crippen molar-refractivity contribution < 1.29 is 10.0 Å². The molecule has 0 fully saturated rings. The Labute approximate surface area is 142 Å². The van der Waals surface area contributed by atoms with Gasteiger partial charge in [0, 0.05) is 19.7 Å². The molecule has 0 heterocycles. The number of carbonyl (C=O) groups excluding carboxylic acids is 1. The Bertz CT molecular complexity index is 684. The molecule has 0 saturated carbocycles. The topological polar surface area (TPSA) is 73.4 Å². The van der Waals surface area contributed by atoms with Crippen molar-refractivity contribution in [1.82, 2.24) is 5.48 Å². The van der Waals surface area contributed by atoms with Crippen molar-refractivity contribution in [3.05, 3.63) is 65.7 Å². The summed E-state index contributed by atoms with van der Waals surface area (Å²) in [6.07, 6.45) is 5.01. The van der Waals surface area contributed by atoms with Gasteiger partial charge in [-0.2, -0.15) is 0 Å². The Morgan fingerprint density at radius 2 is 1.92 bits per heavy atom. The third-order valence-electron chi connectivity index (χ3n) is 3.65. The summed E-state index contributed by atoms with van der Waals surface area (Å²) < 4.78 is 0. The Morgan fingerprint density at radius 1 is 1.12 bits per heavy atom. The van der Waals surface area contributed by atoms with Gasteiger partial charge in [0.05, 0.1) is 11.4 Å². The van der Waals surface area contributed by atoms with E-state index in [-0.39, 0.29) is 0 Å². The molecule has 2 aromatic rings. The quantitative estimate of drug-likeness (QED) is 0.260. The predicted octanol–water partition coefficient (Wildman–Crippen LogP) is 3.29. The molecule has 126 valence electrons. The number of aryl methyl sites for hydroxylation is 1. The van der Waals surface area contributed by atoms with Gasteiger partial charge in [0.1, 0.15) is 0 Å². The van der Waals surface area contributed by atoms with Crippen molar-refractivity contribution >= 4 is 23.4 Å². The number of benzene rings is 2. The number of amides is 1. The zero-order chi connectivity index (χ0) is 17.2. The standard InChI is InChI=1S/C19H23N3O2/c1-20-18-14-16(10-12-19(23)22-24)9-11-17(18)21-13-5-8-15-6-3-2-4-7-15/h2-4,6-7,9-12,14,20-21,24H,5,8,13H2,1H3,(H,22,23)/b12-10+. The molecule has 5 nitrogen and oxygen atoms in total. The lowest BCUT2D eigenvalue weighted by Gasteiger charge is -2.12. The predicted molar refractivity (Wildman–Crippen MR) is 98.2 cm³/mol. The monoisotopic (exact) mass is 325 g/mol. The van der Waals surface area contributed by atoms with Gasteiger partial charge in [-0.1, -0.05) is 36.4 Å². The van der Waals surface area contributed by atoms with Gasteiger partial charge in [0.15, 0.2) is 0 Å². The first-order valence-electron chi connectivity index (χ1n) is 7.94. The second-order valence-electron chi connectivity index (χ2n) is 5.38. The highest BCUT2D eigenvalue weighted by molar-refractivity contribution is 5.91. The highest BCUT2D eigenvalue weighted by atomic mass is 16.5. The number of hydrogen-bond acceptors (Lipinski definition) is 4. The number of hydrogen-bond donors (Lipinski definition) is 4. The summed E-state index contributed by atoms with van der Waals surface area (Å²) in [5.74, 6) is -0.552. The number of nitrogens with one attached hydrogen (secondary N) is 3. The summed E-state index contributed by atoms with van der Waals surface area (Å²) in [5, 5.41) is 15.1. The molecule has 24 heavy (non-hydrogen) atoms. The van der Waals surface area contributed by atoms with Crippen LogP contribution in [0.15, 0.2) is 54.6 Å². The molecule has 2 rings (SSSR count). The van der Waals surface area contributed by atoms with Crippen LogP contribution in [-0.2, 0) is 11.2 Å². The fourth-order valence-corrected chi connectivity index (χ4v) is 2.40. The summed E-state index contributed by atoms with van der Waals surface area (Å²) in [6, 6.07) is 16.3. The van der Waals surface area contributed by atoms with E-state index >= 15 is 0 Å². The van der Waals surface area contributed by atoms with E-state index in [9.17, 15) is 4.79 Å². The first-order chi connectivity index (χ1) is 11.7. The summed E-state index contributed by atoms with van der Waals surface area (Å²) in [6.45, 7) is 0.881. The van der Waals surface area contributed by atoms with Gasteiger partial charge in [-0.3, -0.25) is 10.0 Å². The van der Waals surface area contributed by atoms with Crippen LogP contribution in [0.4, 0.5) is 11.4 Å². The van der Waals surface area contributed by atoms with Crippen LogP contribution in [0.25, 0.3) is 6.08 Å². The van der Waals surface area contributed by atoms with Crippen LogP contribution in [0.2, 0.25) is 0 Å². The molecule has 0 spiro atoms. The lowest BCUT2D eigenvalue weighted by Crippen LogP contribution is -2.14. The molecule has 0 radical (unpaired) electrons. The maximum atomic E-state index is 11.0. The minimum Gasteiger partial charge on any atom is -0.386 e. The van der Waals surface area contributed by atoms with Gasteiger partial charge >= 0.3 is 0 Å². The van der Waals surface area contributed by atoms with Gasteiger partial charge in [0.2, 0.25) is 0 Å². The average molecular weight is 325 g/mol. The number of carbonyl (C=O) groups is 1. The highest BCUT2D eigenvalue weighted by Gasteiger charge is 2.02. The van der Waals surface area contributed by atoms with E-state index in [2.05, 4.69) is 34.9 Å².